The number of benzene rings is 11. The van der Waals surface area contributed by atoms with Gasteiger partial charge in [0.05, 0.1) is 0 Å². The van der Waals surface area contributed by atoms with E-state index in [0.717, 1.165) is 50.1 Å². The van der Waals surface area contributed by atoms with Gasteiger partial charge in [0.2, 0.25) is 0 Å². The number of hydrogen-bond donors (Lipinski definition) is 0. The Morgan fingerprint density at radius 1 is 0.242 bits per heavy atom. The van der Waals surface area contributed by atoms with E-state index in [0.29, 0.717) is 0 Å². The lowest BCUT2D eigenvalue weighted by atomic mass is 9.96. The Morgan fingerprint density at radius 2 is 0.636 bits per heavy atom. The van der Waals surface area contributed by atoms with Gasteiger partial charge in [-0.05, 0) is 138 Å². The minimum Gasteiger partial charge on any atom is -0.456 e. The van der Waals surface area contributed by atoms with Crippen molar-refractivity contribution in [3.05, 3.63) is 261 Å². The molecule has 0 saturated heterocycles. The van der Waals surface area contributed by atoms with Crippen LogP contribution in [0.4, 0.5) is 17.1 Å². The number of anilines is 3. The number of fused-ring (bicyclic) bond motifs is 4. The van der Waals surface area contributed by atoms with Crippen LogP contribution in [0.15, 0.2) is 265 Å². The number of hydrogen-bond acceptors (Lipinski definition) is 2. The molecule has 0 bridgehead atoms. The van der Waals surface area contributed by atoms with Crippen LogP contribution in [0.1, 0.15) is 0 Å². The Balaban J connectivity index is 0.854. The summed E-state index contributed by atoms with van der Waals surface area (Å²) in [6.07, 6.45) is 0. The molecule has 0 aliphatic carbocycles. The van der Waals surface area contributed by atoms with Crippen molar-refractivity contribution >= 4 is 49.8 Å². The molecule has 0 unspecified atom stereocenters. The maximum Gasteiger partial charge on any atom is 0.136 e. The molecule has 0 spiro atoms. The predicted molar refractivity (Wildman–Crippen MR) is 279 cm³/mol. The van der Waals surface area contributed by atoms with Crippen LogP contribution in [0.3, 0.4) is 0 Å². The monoisotopic (exact) mass is 841 g/mol. The van der Waals surface area contributed by atoms with E-state index in [1.165, 1.54) is 66.4 Å². The molecule has 0 amide bonds. The van der Waals surface area contributed by atoms with Crippen molar-refractivity contribution in [1.29, 1.82) is 0 Å². The fourth-order valence-electron chi connectivity index (χ4n) is 9.45. The average molecular weight is 842 g/mol. The first-order chi connectivity index (χ1) is 32.7. The van der Waals surface area contributed by atoms with Gasteiger partial charge in [0, 0.05) is 27.8 Å². The summed E-state index contributed by atoms with van der Waals surface area (Å²) in [5.41, 5.74) is 19.3. The molecule has 1 aromatic heterocycles. The van der Waals surface area contributed by atoms with Gasteiger partial charge in [-0.15, -0.1) is 0 Å². The van der Waals surface area contributed by atoms with E-state index < -0.39 is 0 Å². The summed E-state index contributed by atoms with van der Waals surface area (Å²) in [5, 5.41) is 4.78. The maximum absolute atomic E-state index is 6.25. The van der Waals surface area contributed by atoms with E-state index in [1.54, 1.807) is 0 Å². The number of para-hydroxylation sites is 1. The first-order valence-electron chi connectivity index (χ1n) is 22.6. The minimum atomic E-state index is 0.898. The lowest BCUT2D eigenvalue weighted by Crippen LogP contribution is -2.09. The molecule has 12 rings (SSSR count). The molecule has 0 N–H and O–H groups in total. The van der Waals surface area contributed by atoms with Crippen LogP contribution >= 0.6 is 0 Å². The molecule has 0 atom stereocenters. The average Bonchev–Trinajstić information content (AvgIpc) is 3.79. The molecule has 11 aromatic carbocycles. The molecule has 1 heterocycles. The third kappa shape index (κ3) is 7.41. The standard InChI is InChI=1S/C64H43NO/c1-2-10-44(11-3-1)46-20-22-47(23-21-46)49-30-36-57(37-31-49)65(59-40-34-52(35-41-59)60-17-9-19-63-64(60)61-16-6-7-18-62(61)66-63)58-38-32-50(33-39-58)48-24-26-51(27-25-48)54-14-8-15-55(42-54)56-29-28-45-12-4-5-13-53(45)43-56/h1-43H. The minimum absolute atomic E-state index is 0.898. The van der Waals surface area contributed by atoms with E-state index in [2.05, 4.69) is 254 Å². The topological polar surface area (TPSA) is 16.4 Å². The van der Waals surface area contributed by atoms with Crippen molar-refractivity contribution in [3.8, 4) is 66.8 Å². The van der Waals surface area contributed by atoms with Crippen molar-refractivity contribution < 1.29 is 4.42 Å². The molecule has 0 aliphatic heterocycles. The van der Waals surface area contributed by atoms with Gasteiger partial charge in [-0.3, -0.25) is 0 Å². The Labute approximate surface area is 384 Å². The summed E-state index contributed by atoms with van der Waals surface area (Å²) in [6.45, 7) is 0. The summed E-state index contributed by atoms with van der Waals surface area (Å²) in [4.78, 5) is 2.34. The summed E-state index contributed by atoms with van der Waals surface area (Å²) >= 11 is 0. The van der Waals surface area contributed by atoms with Crippen molar-refractivity contribution in [2.75, 3.05) is 4.90 Å². The van der Waals surface area contributed by atoms with Gasteiger partial charge in [-0.1, -0.05) is 200 Å². The van der Waals surface area contributed by atoms with Gasteiger partial charge in [-0.25, -0.2) is 0 Å². The molecular weight excluding hydrogens is 799 g/mol. The molecule has 0 aliphatic rings. The molecular formula is C64H43NO. The van der Waals surface area contributed by atoms with Gasteiger partial charge in [0.15, 0.2) is 0 Å². The fraction of sp³-hybridized carbons (Fsp3) is 0. The predicted octanol–water partition coefficient (Wildman–Crippen LogP) is 18.2. The highest BCUT2D eigenvalue weighted by molar-refractivity contribution is 6.12. The molecule has 2 heteroatoms. The van der Waals surface area contributed by atoms with E-state index >= 15 is 0 Å². The Kier molecular flexibility index (Phi) is 9.89. The smallest absolute Gasteiger partial charge is 0.136 e. The summed E-state index contributed by atoms with van der Waals surface area (Å²) in [6, 6.07) is 93.8. The zero-order valence-corrected chi connectivity index (χ0v) is 36.2. The van der Waals surface area contributed by atoms with Crippen LogP contribution in [0.25, 0.3) is 99.5 Å². The van der Waals surface area contributed by atoms with E-state index in [-0.39, 0.29) is 0 Å². The van der Waals surface area contributed by atoms with Crippen molar-refractivity contribution in [2.24, 2.45) is 0 Å². The SMILES string of the molecule is c1ccc(-c2ccc(-c3ccc(N(c4ccc(-c5ccc(-c6cccc(-c7ccc8ccccc8c7)c6)cc5)cc4)c4ccc(-c5cccc6oc7ccccc7c56)cc4)cc3)cc2)cc1. The van der Waals surface area contributed by atoms with Gasteiger partial charge in [0.1, 0.15) is 11.2 Å². The fourth-order valence-corrected chi connectivity index (χ4v) is 9.45. The van der Waals surface area contributed by atoms with Gasteiger partial charge in [0.25, 0.3) is 0 Å². The Morgan fingerprint density at radius 3 is 1.24 bits per heavy atom. The molecule has 0 radical (unpaired) electrons. The van der Waals surface area contributed by atoms with Crippen LogP contribution in [0.2, 0.25) is 0 Å². The normalized spacial score (nSPS) is 11.3. The highest BCUT2D eigenvalue weighted by Gasteiger charge is 2.16. The van der Waals surface area contributed by atoms with Crippen molar-refractivity contribution in [1.82, 2.24) is 0 Å². The zero-order chi connectivity index (χ0) is 43.8. The molecule has 310 valence electrons. The van der Waals surface area contributed by atoms with Crippen LogP contribution in [-0.2, 0) is 0 Å². The molecule has 0 fully saturated rings. The molecule has 66 heavy (non-hydrogen) atoms. The zero-order valence-electron chi connectivity index (χ0n) is 36.2. The molecule has 0 saturated carbocycles. The maximum atomic E-state index is 6.25. The number of furan rings is 1. The number of rotatable bonds is 9. The first kappa shape index (κ1) is 38.9. The van der Waals surface area contributed by atoms with Crippen LogP contribution in [-0.4, -0.2) is 0 Å². The van der Waals surface area contributed by atoms with Crippen molar-refractivity contribution in [3.63, 3.8) is 0 Å². The third-order valence-electron chi connectivity index (χ3n) is 12.9. The Hall–Kier alpha value is -8.72. The quantitative estimate of drug-likeness (QED) is 0.144. The third-order valence-corrected chi connectivity index (χ3v) is 12.9. The Bertz CT molecular complexity index is 3640. The second kappa shape index (κ2) is 16.8. The second-order valence-electron chi connectivity index (χ2n) is 16.9. The van der Waals surface area contributed by atoms with Crippen LogP contribution in [0, 0.1) is 0 Å². The van der Waals surface area contributed by atoms with Crippen LogP contribution < -0.4 is 4.90 Å². The first-order valence-corrected chi connectivity index (χ1v) is 22.6. The second-order valence-corrected chi connectivity index (χ2v) is 16.9. The van der Waals surface area contributed by atoms with Crippen molar-refractivity contribution in [2.45, 2.75) is 0 Å². The molecule has 2 nitrogen and oxygen atoms in total. The summed E-state index contributed by atoms with van der Waals surface area (Å²) < 4.78 is 6.25. The van der Waals surface area contributed by atoms with Crippen LogP contribution in [0.5, 0.6) is 0 Å². The van der Waals surface area contributed by atoms with Gasteiger partial charge < -0.3 is 9.32 Å². The lowest BCUT2D eigenvalue weighted by molar-refractivity contribution is 0.669. The van der Waals surface area contributed by atoms with E-state index in [1.807, 2.05) is 12.1 Å². The van der Waals surface area contributed by atoms with E-state index in [9.17, 15) is 0 Å². The summed E-state index contributed by atoms with van der Waals surface area (Å²) in [7, 11) is 0. The highest BCUT2D eigenvalue weighted by atomic mass is 16.3. The van der Waals surface area contributed by atoms with E-state index in [4.69, 9.17) is 4.42 Å². The van der Waals surface area contributed by atoms with Gasteiger partial charge in [-0.2, -0.15) is 0 Å². The lowest BCUT2D eigenvalue weighted by Gasteiger charge is -2.26. The highest BCUT2D eigenvalue weighted by Crippen LogP contribution is 2.41. The molecule has 12 aromatic rings. The summed E-state index contributed by atoms with van der Waals surface area (Å²) in [5.74, 6) is 0. The largest absolute Gasteiger partial charge is 0.456 e. The van der Waals surface area contributed by atoms with Gasteiger partial charge >= 0.3 is 0 Å². The number of nitrogens with zero attached hydrogens (tertiary/aromatic N) is 1.